The standard InChI is InChI=1S/C18H26N2O2/c21-18(16-4-2-1-3-5-16)19-17-8-6-15(7-9-17)14-20-10-12-22-13-11-20/h6-9,16H,1-5,10-14H2,(H,19,21). The first kappa shape index (κ1) is 15.5. The Morgan fingerprint density at radius 2 is 1.77 bits per heavy atom. The summed E-state index contributed by atoms with van der Waals surface area (Å²) in [5.74, 6) is 0.405. The zero-order chi connectivity index (χ0) is 15.2. The molecule has 0 unspecified atom stereocenters. The Morgan fingerprint density at radius 1 is 1.09 bits per heavy atom. The molecule has 1 amide bonds. The molecule has 2 aliphatic rings. The molecule has 2 fully saturated rings. The number of benzene rings is 1. The van der Waals surface area contributed by atoms with Crippen LogP contribution < -0.4 is 5.32 Å². The molecule has 1 aliphatic heterocycles. The first-order chi connectivity index (χ1) is 10.8. The van der Waals surface area contributed by atoms with E-state index in [2.05, 4.69) is 22.3 Å². The van der Waals surface area contributed by atoms with Crippen molar-refractivity contribution in [1.82, 2.24) is 4.90 Å². The SMILES string of the molecule is O=C(Nc1ccc(CN2CCOCC2)cc1)C1CCCCC1. The highest BCUT2D eigenvalue weighted by Crippen LogP contribution is 2.25. The summed E-state index contributed by atoms with van der Waals surface area (Å²) < 4.78 is 5.37. The predicted molar refractivity (Wildman–Crippen MR) is 87.7 cm³/mol. The summed E-state index contributed by atoms with van der Waals surface area (Å²) in [6, 6.07) is 8.28. The summed E-state index contributed by atoms with van der Waals surface area (Å²) >= 11 is 0. The van der Waals surface area contributed by atoms with Gasteiger partial charge in [0.2, 0.25) is 5.91 Å². The number of hydrogen-bond acceptors (Lipinski definition) is 3. The van der Waals surface area contributed by atoms with Crippen LogP contribution in [-0.2, 0) is 16.1 Å². The second-order valence-electron chi connectivity index (χ2n) is 6.41. The number of carbonyl (C=O) groups excluding carboxylic acids is 1. The minimum absolute atomic E-state index is 0.195. The minimum atomic E-state index is 0.195. The van der Waals surface area contributed by atoms with Crippen LogP contribution in [0, 0.1) is 5.92 Å². The molecule has 0 aromatic heterocycles. The first-order valence-electron chi connectivity index (χ1n) is 8.51. The van der Waals surface area contributed by atoms with Crippen LogP contribution in [0.2, 0.25) is 0 Å². The molecule has 1 N–H and O–H groups in total. The number of amides is 1. The molecule has 120 valence electrons. The fourth-order valence-electron chi connectivity index (χ4n) is 3.32. The van der Waals surface area contributed by atoms with Crippen LogP contribution in [0.15, 0.2) is 24.3 Å². The van der Waals surface area contributed by atoms with E-state index < -0.39 is 0 Å². The monoisotopic (exact) mass is 302 g/mol. The van der Waals surface area contributed by atoms with Crippen molar-refractivity contribution < 1.29 is 9.53 Å². The Hall–Kier alpha value is -1.39. The van der Waals surface area contributed by atoms with Crippen LogP contribution in [-0.4, -0.2) is 37.1 Å². The van der Waals surface area contributed by atoms with E-state index in [4.69, 9.17) is 4.74 Å². The maximum atomic E-state index is 12.2. The first-order valence-corrected chi connectivity index (χ1v) is 8.51. The smallest absolute Gasteiger partial charge is 0.227 e. The second kappa shape index (κ2) is 7.75. The van der Waals surface area contributed by atoms with Gasteiger partial charge in [-0.3, -0.25) is 9.69 Å². The molecule has 1 saturated carbocycles. The molecular weight excluding hydrogens is 276 g/mol. The highest BCUT2D eigenvalue weighted by molar-refractivity contribution is 5.92. The number of rotatable bonds is 4. The molecule has 4 heteroatoms. The van der Waals surface area contributed by atoms with Crippen LogP contribution in [0.5, 0.6) is 0 Å². The van der Waals surface area contributed by atoms with Gasteiger partial charge < -0.3 is 10.1 Å². The van der Waals surface area contributed by atoms with Gasteiger partial charge >= 0.3 is 0 Å². The molecule has 1 heterocycles. The van der Waals surface area contributed by atoms with Crippen molar-refractivity contribution in [2.45, 2.75) is 38.6 Å². The zero-order valence-corrected chi connectivity index (χ0v) is 13.2. The van der Waals surface area contributed by atoms with E-state index in [1.165, 1.54) is 24.8 Å². The number of anilines is 1. The number of nitrogens with zero attached hydrogens (tertiary/aromatic N) is 1. The highest BCUT2D eigenvalue weighted by atomic mass is 16.5. The minimum Gasteiger partial charge on any atom is -0.379 e. The number of morpholine rings is 1. The molecule has 4 nitrogen and oxygen atoms in total. The third-order valence-corrected chi connectivity index (χ3v) is 4.71. The molecule has 1 aromatic rings. The normalized spacial score (nSPS) is 20.7. The van der Waals surface area contributed by atoms with Gasteiger partial charge in [0.1, 0.15) is 0 Å². The van der Waals surface area contributed by atoms with Gasteiger partial charge in [-0.25, -0.2) is 0 Å². The summed E-state index contributed by atoms with van der Waals surface area (Å²) in [7, 11) is 0. The maximum absolute atomic E-state index is 12.2. The van der Waals surface area contributed by atoms with Gasteiger partial charge in [-0.15, -0.1) is 0 Å². The fourth-order valence-corrected chi connectivity index (χ4v) is 3.32. The fraction of sp³-hybridized carbons (Fsp3) is 0.611. The zero-order valence-electron chi connectivity index (χ0n) is 13.2. The van der Waals surface area contributed by atoms with Gasteiger partial charge in [0.05, 0.1) is 13.2 Å². The van der Waals surface area contributed by atoms with Gasteiger partial charge in [0.15, 0.2) is 0 Å². The van der Waals surface area contributed by atoms with Crippen LogP contribution in [0.3, 0.4) is 0 Å². The van der Waals surface area contributed by atoms with E-state index in [9.17, 15) is 4.79 Å². The summed E-state index contributed by atoms with van der Waals surface area (Å²) in [6.45, 7) is 4.62. The van der Waals surface area contributed by atoms with Crippen molar-refractivity contribution in [3.63, 3.8) is 0 Å². The number of nitrogens with one attached hydrogen (secondary N) is 1. The molecule has 0 bridgehead atoms. The van der Waals surface area contributed by atoms with Gasteiger partial charge in [-0.1, -0.05) is 31.4 Å². The Morgan fingerprint density at radius 3 is 2.45 bits per heavy atom. The third-order valence-electron chi connectivity index (χ3n) is 4.71. The van der Waals surface area contributed by atoms with Crippen molar-refractivity contribution >= 4 is 11.6 Å². The second-order valence-corrected chi connectivity index (χ2v) is 6.41. The maximum Gasteiger partial charge on any atom is 0.227 e. The summed E-state index contributed by atoms with van der Waals surface area (Å²) in [6.07, 6.45) is 5.75. The van der Waals surface area contributed by atoms with E-state index in [1.807, 2.05) is 12.1 Å². The number of carbonyl (C=O) groups is 1. The predicted octanol–water partition coefficient (Wildman–Crippen LogP) is 3.04. The van der Waals surface area contributed by atoms with Crippen LogP contribution in [0.1, 0.15) is 37.7 Å². The quantitative estimate of drug-likeness (QED) is 0.929. The number of hydrogen-bond donors (Lipinski definition) is 1. The lowest BCUT2D eigenvalue weighted by molar-refractivity contribution is -0.120. The van der Waals surface area contributed by atoms with Crippen molar-refractivity contribution in [3.05, 3.63) is 29.8 Å². The third kappa shape index (κ3) is 4.31. The molecule has 0 atom stereocenters. The average Bonchev–Trinajstić information content (AvgIpc) is 2.58. The molecule has 3 rings (SSSR count). The number of ether oxygens (including phenoxy) is 1. The largest absolute Gasteiger partial charge is 0.379 e. The van der Waals surface area contributed by atoms with Crippen molar-refractivity contribution in [2.75, 3.05) is 31.6 Å². The Balaban J connectivity index is 1.51. The molecule has 1 aromatic carbocycles. The molecule has 1 aliphatic carbocycles. The van der Waals surface area contributed by atoms with E-state index >= 15 is 0 Å². The van der Waals surface area contributed by atoms with Crippen LogP contribution in [0.4, 0.5) is 5.69 Å². The van der Waals surface area contributed by atoms with Crippen molar-refractivity contribution in [2.24, 2.45) is 5.92 Å². The Labute approximate surface area is 132 Å². The van der Waals surface area contributed by atoms with E-state index in [0.29, 0.717) is 0 Å². The molecule has 1 saturated heterocycles. The van der Waals surface area contributed by atoms with Crippen LogP contribution >= 0.6 is 0 Å². The van der Waals surface area contributed by atoms with Gasteiger partial charge in [-0.05, 0) is 30.5 Å². The summed E-state index contributed by atoms with van der Waals surface area (Å²) in [5, 5.41) is 3.07. The average molecular weight is 302 g/mol. The van der Waals surface area contributed by atoms with Crippen molar-refractivity contribution in [1.29, 1.82) is 0 Å². The van der Waals surface area contributed by atoms with Crippen LogP contribution in [0.25, 0.3) is 0 Å². The molecular formula is C18H26N2O2. The molecule has 22 heavy (non-hydrogen) atoms. The Bertz CT molecular complexity index is 474. The molecule has 0 radical (unpaired) electrons. The molecule has 0 spiro atoms. The topological polar surface area (TPSA) is 41.6 Å². The Kier molecular flexibility index (Phi) is 5.46. The summed E-state index contributed by atoms with van der Waals surface area (Å²) in [4.78, 5) is 14.6. The van der Waals surface area contributed by atoms with E-state index in [1.54, 1.807) is 0 Å². The van der Waals surface area contributed by atoms with E-state index in [-0.39, 0.29) is 11.8 Å². The van der Waals surface area contributed by atoms with Gasteiger partial charge in [0.25, 0.3) is 0 Å². The summed E-state index contributed by atoms with van der Waals surface area (Å²) in [5.41, 5.74) is 2.21. The van der Waals surface area contributed by atoms with Crippen molar-refractivity contribution in [3.8, 4) is 0 Å². The van der Waals surface area contributed by atoms with Gasteiger partial charge in [-0.2, -0.15) is 0 Å². The van der Waals surface area contributed by atoms with Gasteiger partial charge in [0, 0.05) is 31.2 Å². The lowest BCUT2D eigenvalue weighted by atomic mass is 9.88. The highest BCUT2D eigenvalue weighted by Gasteiger charge is 2.21. The van der Waals surface area contributed by atoms with E-state index in [0.717, 1.165) is 51.4 Å². The lowest BCUT2D eigenvalue weighted by Crippen LogP contribution is -2.35. The lowest BCUT2D eigenvalue weighted by Gasteiger charge is -2.26.